The monoisotopic (exact) mass is 288 g/mol. The first-order chi connectivity index (χ1) is 9.88. The zero-order valence-electron chi connectivity index (χ0n) is 12.3. The predicted octanol–water partition coefficient (Wildman–Crippen LogP) is 2.86. The number of anilines is 1. The van der Waals surface area contributed by atoms with Crippen LogP contribution in [0.15, 0.2) is 24.5 Å². The number of ether oxygens (including phenoxy) is 1. The minimum atomic E-state index is -0.534. The maximum absolute atomic E-state index is 11.3. The molecule has 7 nitrogen and oxygen atoms in total. The Balaban J connectivity index is 2.49. The number of nitro groups is 1. The van der Waals surface area contributed by atoms with E-state index in [2.05, 4.69) is 9.97 Å². The number of rotatable bonds is 4. The number of benzene rings is 1. The molecule has 0 aliphatic heterocycles. The van der Waals surface area contributed by atoms with Crippen molar-refractivity contribution in [1.82, 2.24) is 9.97 Å². The molecule has 0 saturated heterocycles. The lowest BCUT2D eigenvalue weighted by atomic mass is 10.1. The van der Waals surface area contributed by atoms with E-state index in [1.165, 1.54) is 6.33 Å². The first-order valence-electron chi connectivity index (χ1n) is 6.31. The molecule has 0 atom stereocenters. The van der Waals surface area contributed by atoms with E-state index in [0.29, 0.717) is 5.75 Å². The highest BCUT2D eigenvalue weighted by Gasteiger charge is 2.26. The van der Waals surface area contributed by atoms with Crippen molar-refractivity contribution in [3.8, 4) is 11.6 Å². The molecule has 7 heteroatoms. The van der Waals surface area contributed by atoms with Gasteiger partial charge in [-0.1, -0.05) is 6.07 Å². The third-order valence-electron chi connectivity index (χ3n) is 2.79. The number of aromatic nitrogens is 2. The number of hydrogen-bond acceptors (Lipinski definition) is 6. The van der Waals surface area contributed by atoms with Crippen molar-refractivity contribution >= 4 is 11.5 Å². The molecule has 0 spiro atoms. The maximum atomic E-state index is 11.3. The zero-order chi connectivity index (χ0) is 15.6. The highest BCUT2D eigenvalue weighted by molar-refractivity contribution is 5.62. The normalized spacial score (nSPS) is 10.3. The fraction of sp³-hybridized carbons (Fsp3) is 0.286. The topological polar surface area (TPSA) is 81.4 Å². The molecule has 0 amide bonds. The van der Waals surface area contributed by atoms with Gasteiger partial charge in [0.25, 0.3) is 0 Å². The van der Waals surface area contributed by atoms with Gasteiger partial charge in [0.2, 0.25) is 5.82 Å². The molecular formula is C14H16N4O3. The Kier molecular flexibility index (Phi) is 4.02. The van der Waals surface area contributed by atoms with Gasteiger partial charge in [-0.15, -0.1) is 0 Å². The van der Waals surface area contributed by atoms with Crippen LogP contribution in [0.3, 0.4) is 0 Å². The molecule has 0 saturated carbocycles. The third-order valence-corrected chi connectivity index (χ3v) is 2.79. The molecule has 110 valence electrons. The molecule has 0 bridgehead atoms. The summed E-state index contributed by atoms with van der Waals surface area (Å²) in [6.45, 7) is 3.86. The fourth-order valence-electron chi connectivity index (χ4n) is 2.02. The van der Waals surface area contributed by atoms with E-state index >= 15 is 0 Å². The van der Waals surface area contributed by atoms with E-state index in [4.69, 9.17) is 4.74 Å². The molecule has 21 heavy (non-hydrogen) atoms. The summed E-state index contributed by atoms with van der Waals surface area (Å²) in [5.41, 5.74) is 1.77. The van der Waals surface area contributed by atoms with Crippen molar-refractivity contribution in [2.75, 3.05) is 19.0 Å². The van der Waals surface area contributed by atoms with Crippen LogP contribution in [-0.2, 0) is 0 Å². The van der Waals surface area contributed by atoms with Gasteiger partial charge < -0.3 is 9.64 Å². The fourth-order valence-corrected chi connectivity index (χ4v) is 2.02. The molecule has 2 rings (SSSR count). The van der Waals surface area contributed by atoms with Gasteiger partial charge in [-0.05, 0) is 37.1 Å². The van der Waals surface area contributed by atoms with Crippen LogP contribution in [0.25, 0.3) is 0 Å². The molecule has 0 fully saturated rings. The Labute approximate surface area is 122 Å². The minimum absolute atomic E-state index is 0.0660. The summed E-state index contributed by atoms with van der Waals surface area (Å²) in [7, 11) is 3.35. The molecule has 1 heterocycles. The van der Waals surface area contributed by atoms with Gasteiger partial charge in [0.05, 0.1) is 4.92 Å². The van der Waals surface area contributed by atoms with E-state index in [1.54, 1.807) is 31.1 Å². The van der Waals surface area contributed by atoms with Crippen LogP contribution in [0.5, 0.6) is 11.6 Å². The van der Waals surface area contributed by atoms with Crippen molar-refractivity contribution < 1.29 is 9.66 Å². The van der Waals surface area contributed by atoms with Gasteiger partial charge in [-0.2, -0.15) is 4.98 Å². The van der Waals surface area contributed by atoms with Crippen molar-refractivity contribution in [3.05, 3.63) is 45.8 Å². The third kappa shape index (κ3) is 3.25. The van der Waals surface area contributed by atoms with Crippen LogP contribution in [-0.4, -0.2) is 29.0 Å². The average Bonchev–Trinajstić information content (AvgIpc) is 2.36. The lowest BCUT2D eigenvalue weighted by Crippen LogP contribution is -2.14. The van der Waals surface area contributed by atoms with E-state index in [9.17, 15) is 10.1 Å². The van der Waals surface area contributed by atoms with Crippen molar-refractivity contribution in [1.29, 1.82) is 0 Å². The molecule has 0 aliphatic rings. The van der Waals surface area contributed by atoms with E-state index in [1.807, 2.05) is 19.9 Å². The summed E-state index contributed by atoms with van der Waals surface area (Å²) in [6.07, 6.45) is 1.25. The summed E-state index contributed by atoms with van der Waals surface area (Å²) in [5, 5.41) is 11.3. The van der Waals surface area contributed by atoms with Crippen LogP contribution in [0.2, 0.25) is 0 Å². The molecule has 0 N–H and O–H groups in total. The summed E-state index contributed by atoms with van der Waals surface area (Å²) in [5.74, 6) is 0.650. The van der Waals surface area contributed by atoms with Crippen LogP contribution >= 0.6 is 0 Å². The van der Waals surface area contributed by atoms with Gasteiger partial charge in [-0.3, -0.25) is 10.1 Å². The highest BCUT2D eigenvalue weighted by Crippen LogP contribution is 2.35. The van der Waals surface area contributed by atoms with Crippen LogP contribution < -0.4 is 9.64 Å². The van der Waals surface area contributed by atoms with Gasteiger partial charge in [0.1, 0.15) is 12.1 Å². The number of hydrogen-bond donors (Lipinski definition) is 0. The second-order valence-corrected chi connectivity index (χ2v) is 4.93. The SMILES string of the molecule is Cc1cc(C)cc(Oc2ncnc(N(C)C)c2[N+](=O)[O-])c1. The average molecular weight is 288 g/mol. The number of nitrogens with zero attached hydrogens (tertiary/aromatic N) is 4. The second kappa shape index (κ2) is 5.74. The van der Waals surface area contributed by atoms with Gasteiger partial charge >= 0.3 is 11.6 Å². The van der Waals surface area contributed by atoms with E-state index < -0.39 is 4.92 Å². The summed E-state index contributed by atoms with van der Waals surface area (Å²) in [4.78, 5) is 20.1. The summed E-state index contributed by atoms with van der Waals surface area (Å²) >= 11 is 0. The van der Waals surface area contributed by atoms with Crippen molar-refractivity contribution in [2.45, 2.75) is 13.8 Å². The quantitative estimate of drug-likeness (QED) is 0.635. The first-order valence-corrected chi connectivity index (χ1v) is 6.31. The van der Waals surface area contributed by atoms with Crippen LogP contribution in [0, 0.1) is 24.0 Å². The smallest absolute Gasteiger partial charge is 0.373 e. The molecule has 0 aliphatic carbocycles. The van der Waals surface area contributed by atoms with Gasteiger partial charge in [0, 0.05) is 14.1 Å². The first kappa shape index (κ1) is 14.7. The van der Waals surface area contributed by atoms with Crippen LogP contribution in [0.1, 0.15) is 11.1 Å². The Morgan fingerprint density at radius 2 is 1.76 bits per heavy atom. The Hall–Kier alpha value is -2.70. The zero-order valence-corrected chi connectivity index (χ0v) is 12.3. The largest absolute Gasteiger partial charge is 0.434 e. The molecule has 0 radical (unpaired) electrons. The lowest BCUT2D eigenvalue weighted by molar-refractivity contribution is -0.385. The summed E-state index contributed by atoms with van der Waals surface area (Å²) < 4.78 is 5.60. The predicted molar refractivity (Wildman–Crippen MR) is 79.0 cm³/mol. The molecule has 0 unspecified atom stereocenters. The van der Waals surface area contributed by atoms with Crippen molar-refractivity contribution in [3.63, 3.8) is 0 Å². The standard InChI is InChI=1S/C14H16N4O3/c1-9-5-10(2)7-11(6-9)21-14-12(18(19)20)13(17(3)4)15-8-16-14/h5-8H,1-4H3. The second-order valence-electron chi connectivity index (χ2n) is 4.93. The minimum Gasteiger partial charge on any atom is -0.434 e. The van der Waals surface area contributed by atoms with Gasteiger partial charge in [0.15, 0.2) is 0 Å². The maximum Gasteiger partial charge on any atom is 0.373 e. The Morgan fingerprint density at radius 3 is 2.29 bits per heavy atom. The highest BCUT2D eigenvalue weighted by atomic mass is 16.6. The molecule has 1 aromatic heterocycles. The van der Waals surface area contributed by atoms with E-state index in [0.717, 1.165) is 11.1 Å². The van der Waals surface area contributed by atoms with E-state index in [-0.39, 0.29) is 17.4 Å². The van der Waals surface area contributed by atoms with Crippen molar-refractivity contribution in [2.24, 2.45) is 0 Å². The Bertz CT molecular complexity index is 666. The molecular weight excluding hydrogens is 272 g/mol. The van der Waals surface area contributed by atoms with Gasteiger partial charge in [-0.25, -0.2) is 4.98 Å². The summed E-state index contributed by atoms with van der Waals surface area (Å²) in [6, 6.07) is 5.59. The molecule has 2 aromatic rings. The molecule has 1 aromatic carbocycles. The van der Waals surface area contributed by atoms with Crippen LogP contribution in [0.4, 0.5) is 11.5 Å². The lowest BCUT2D eigenvalue weighted by Gasteiger charge is -2.13. The Morgan fingerprint density at radius 1 is 1.14 bits per heavy atom. The number of aryl methyl sites for hydroxylation is 2.